The largest absolute Gasteiger partial charge is 0.481 e. The van der Waals surface area contributed by atoms with E-state index in [1.165, 1.54) is 11.0 Å². The number of carboxylic acid groups (broad SMARTS) is 1. The van der Waals surface area contributed by atoms with Crippen LogP contribution in [0.1, 0.15) is 33.7 Å². The Hall–Kier alpha value is -3.12. The van der Waals surface area contributed by atoms with Gasteiger partial charge in [0.25, 0.3) is 0 Å². The Morgan fingerprint density at radius 1 is 1.14 bits per heavy atom. The standard InChI is InChI=1S/C22H22ClF3N4O5/c23-16-5-13(4-15(6-16)22(24,25)26)12-35-21(34)29-2-1-3-30-17(10-29)7-18(27-30)19(31)11-28-8-14(9-28)20(32)33/h4-7,14H,1-3,8-12H2,(H,32,33). The molecule has 1 fully saturated rings. The SMILES string of the molecule is O=C(CN1CC(C(=O)O)C1)c1cc2n(n1)CCCN(C(=O)OCc1cc(Cl)cc(C(F)(F)F)c1)C2. The van der Waals surface area contributed by atoms with E-state index in [1.54, 1.807) is 15.6 Å². The Balaban J connectivity index is 1.35. The first-order chi connectivity index (χ1) is 16.5. The molecule has 1 saturated heterocycles. The highest BCUT2D eigenvalue weighted by atomic mass is 35.5. The minimum Gasteiger partial charge on any atom is -0.481 e. The molecule has 2 aliphatic heterocycles. The lowest BCUT2D eigenvalue weighted by atomic mass is 10.00. The average Bonchev–Trinajstić information content (AvgIpc) is 3.04. The van der Waals surface area contributed by atoms with E-state index < -0.39 is 29.7 Å². The third-order valence-corrected chi connectivity index (χ3v) is 6.10. The van der Waals surface area contributed by atoms with Crippen LogP contribution >= 0.6 is 11.6 Å². The lowest BCUT2D eigenvalue weighted by Gasteiger charge is -2.35. The Morgan fingerprint density at radius 2 is 1.89 bits per heavy atom. The number of amides is 1. The second-order valence-electron chi connectivity index (χ2n) is 8.57. The maximum absolute atomic E-state index is 13.0. The number of fused-ring (bicyclic) bond motifs is 1. The van der Waals surface area contributed by atoms with Crippen LogP contribution in [-0.4, -0.2) is 68.7 Å². The molecule has 0 unspecified atom stereocenters. The van der Waals surface area contributed by atoms with Crippen LogP contribution in [0.25, 0.3) is 0 Å². The van der Waals surface area contributed by atoms with Crippen molar-refractivity contribution >= 4 is 29.4 Å². The van der Waals surface area contributed by atoms with Gasteiger partial charge in [0.1, 0.15) is 12.3 Å². The summed E-state index contributed by atoms with van der Waals surface area (Å²) in [6.45, 7) is 1.24. The van der Waals surface area contributed by atoms with Gasteiger partial charge in [0.05, 0.1) is 30.3 Å². The van der Waals surface area contributed by atoms with Crippen molar-refractivity contribution in [3.63, 3.8) is 0 Å². The molecule has 0 saturated carbocycles. The Bertz CT molecular complexity index is 1150. The number of halogens is 4. The average molecular weight is 515 g/mol. The number of carboxylic acids is 1. The number of aliphatic carboxylic acids is 1. The molecule has 2 aromatic rings. The zero-order valence-corrected chi connectivity index (χ0v) is 19.2. The molecule has 35 heavy (non-hydrogen) atoms. The summed E-state index contributed by atoms with van der Waals surface area (Å²) in [5.41, 5.74) is 0.0372. The summed E-state index contributed by atoms with van der Waals surface area (Å²) < 4.78 is 45.8. The fourth-order valence-electron chi connectivity index (χ4n) is 4.03. The lowest BCUT2D eigenvalue weighted by molar-refractivity contribution is -0.147. The van der Waals surface area contributed by atoms with E-state index in [0.29, 0.717) is 38.3 Å². The second-order valence-corrected chi connectivity index (χ2v) is 9.01. The van der Waals surface area contributed by atoms with Gasteiger partial charge in [0.15, 0.2) is 5.78 Å². The lowest BCUT2D eigenvalue weighted by Crippen LogP contribution is -2.52. The molecule has 4 rings (SSSR count). The van der Waals surface area contributed by atoms with E-state index in [4.69, 9.17) is 21.4 Å². The fraction of sp³-hybridized carbons (Fsp3) is 0.455. The van der Waals surface area contributed by atoms with Crippen molar-refractivity contribution in [2.45, 2.75) is 32.3 Å². The Labute approximate surface area is 203 Å². The van der Waals surface area contributed by atoms with Crippen molar-refractivity contribution in [3.05, 3.63) is 51.8 Å². The molecule has 1 aromatic carbocycles. The molecular weight excluding hydrogens is 493 g/mol. The molecule has 0 radical (unpaired) electrons. The normalized spacial score (nSPS) is 16.9. The highest BCUT2D eigenvalue weighted by molar-refractivity contribution is 6.30. The first-order valence-corrected chi connectivity index (χ1v) is 11.2. The molecule has 9 nitrogen and oxygen atoms in total. The number of ketones is 1. The number of hydrogen-bond donors (Lipinski definition) is 1. The van der Waals surface area contributed by atoms with Gasteiger partial charge in [-0.15, -0.1) is 0 Å². The number of aromatic nitrogens is 2. The fourth-order valence-corrected chi connectivity index (χ4v) is 4.29. The van der Waals surface area contributed by atoms with Gasteiger partial charge in [-0.1, -0.05) is 11.6 Å². The smallest absolute Gasteiger partial charge is 0.416 e. The molecule has 1 N–H and O–H groups in total. The predicted molar refractivity (Wildman–Crippen MR) is 116 cm³/mol. The van der Waals surface area contributed by atoms with Crippen LogP contribution in [0.5, 0.6) is 0 Å². The number of carbonyl (C=O) groups is 3. The van der Waals surface area contributed by atoms with Crippen molar-refractivity contribution in [2.24, 2.45) is 5.92 Å². The number of alkyl halides is 3. The van der Waals surface area contributed by atoms with E-state index in [1.807, 2.05) is 0 Å². The summed E-state index contributed by atoms with van der Waals surface area (Å²) in [4.78, 5) is 39.2. The van der Waals surface area contributed by atoms with Gasteiger partial charge in [-0.05, 0) is 36.2 Å². The summed E-state index contributed by atoms with van der Waals surface area (Å²) >= 11 is 5.77. The molecule has 1 aromatic heterocycles. The van der Waals surface area contributed by atoms with E-state index in [0.717, 1.165) is 12.1 Å². The first-order valence-electron chi connectivity index (χ1n) is 10.8. The third kappa shape index (κ3) is 5.93. The zero-order chi connectivity index (χ0) is 25.3. The van der Waals surface area contributed by atoms with Gasteiger partial charge >= 0.3 is 18.2 Å². The van der Waals surface area contributed by atoms with E-state index in [-0.39, 0.29) is 41.8 Å². The van der Waals surface area contributed by atoms with Crippen LogP contribution in [-0.2, 0) is 35.4 Å². The number of likely N-dealkylation sites (tertiary alicyclic amines) is 1. The highest BCUT2D eigenvalue weighted by Crippen LogP contribution is 2.32. The summed E-state index contributed by atoms with van der Waals surface area (Å²) in [5, 5.41) is 13.2. The first kappa shape index (κ1) is 25.0. The topological polar surface area (TPSA) is 105 Å². The molecule has 0 atom stereocenters. The number of benzene rings is 1. The van der Waals surface area contributed by atoms with Gasteiger partial charge in [0.2, 0.25) is 0 Å². The number of aryl methyl sites for hydroxylation is 1. The monoisotopic (exact) mass is 514 g/mol. The highest BCUT2D eigenvalue weighted by Gasteiger charge is 2.34. The number of hydrogen-bond acceptors (Lipinski definition) is 6. The van der Waals surface area contributed by atoms with Crippen LogP contribution in [0.3, 0.4) is 0 Å². The van der Waals surface area contributed by atoms with Crippen molar-refractivity contribution in [3.8, 4) is 0 Å². The number of nitrogens with zero attached hydrogens (tertiary/aromatic N) is 4. The maximum Gasteiger partial charge on any atom is 0.416 e. The van der Waals surface area contributed by atoms with Crippen molar-refractivity contribution in [1.82, 2.24) is 19.6 Å². The molecule has 13 heteroatoms. The van der Waals surface area contributed by atoms with Crippen molar-refractivity contribution in [2.75, 3.05) is 26.2 Å². The molecule has 188 valence electrons. The van der Waals surface area contributed by atoms with Crippen molar-refractivity contribution in [1.29, 1.82) is 0 Å². The molecule has 1 amide bonds. The number of rotatable bonds is 6. The Kier molecular flexibility index (Phi) is 7.04. The third-order valence-electron chi connectivity index (χ3n) is 5.88. The minimum absolute atomic E-state index is 0.0611. The van der Waals surface area contributed by atoms with E-state index >= 15 is 0 Å². The van der Waals surface area contributed by atoms with Crippen LogP contribution in [0, 0.1) is 5.92 Å². The van der Waals surface area contributed by atoms with Gasteiger partial charge in [-0.25, -0.2) is 4.79 Å². The maximum atomic E-state index is 13.0. The summed E-state index contributed by atoms with van der Waals surface area (Å²) in [7, 11) is 0. The minimum atomic E-state index is -4.57. The van der Waals surface area contributed by atoms with Gasteiger partial charge < -0.3 is 14.7 Å². The summed E-state index contributed by atoms with van der Waals surface area (Å²) in [5.74, 6) is -1.59. The van der Waals surface area contributed by atoms with E-state index in [2.05, 4.69) is 5.10 Å². The molecular formula is C22H22ClF3N4O5. The molecule has 0 bridgehead atoms. The summed E-state index contributed by atoms with van der Waals surface area (Å²) in [6.07, 6.45) is -4.74. The molecule has 3 heterocycles. The van der Waals surface area contributed by atoms with Crippen LogP contribution in [0.2, 0.25) is 5.02 Å². The molecule has 2 aliphatic rings. The van der Waals surface area contributed by atoms with Gasteiger partial charge in [-0.3, -0.25) is 19.2 Å². The van der Waals surface area contributed by atoms with Crippen molar-refractivity contribution < 1.29 is 37.4 Å². The molecule has 0 spiro atoms. The predicted octanol–water partition coefficient (Wildman–Crippen LogP) is 3.30. The number of carbonyl (C=O) groups excluding carboxylic acids is 2. The van der Waals surface area contributed by atoms with Gasteiger partial charge in [-0.2, -0.15) is 18.3 Å². The number of ether oxygens (including phenoxy) is 1. The zero-order valence-electron chi connectivity index (χ0n) is 18.4. The van der Waals surface area contributed by atoms with E-state index in [9.17, 15) is 27.6 Å². The van der Waals surface area contributed by atoms with Crippen LogP contribution in [0.15, 0.2) is 24.3 Å². The van der Waals surface area contributed by atoms with Crippen LogP contribution in [0.4, 0.5) is 18.0 Å². The van der Waals surface area contributed by atoms with Crippen LogP contribution < -0.4 is 0 Å². The quantitative estimate of drug-likeness (QED) is 0.590. The Morgan fingerprint density at radius 3 is 2.57 bits per heavy atom. The van der Waals surface area contributed by atoms with Gasteiger partial charge in [0, 0.05) is 31.2 Å². The number of Topliss-reactive ketones (excluding diaryl/α,β-unsaturated/α-hetero) is 1. The second kappa shape index (κ2) is 9.86. The summed E-state index contributed by atoms with van der Waals surface area (Å²) in [6, 6.07) is 4.57. The molecule has 0 aliphatic carbocycles.